The summed E-state index contributed by atoms with van der Waals surface area (Å²) < 4.78 is 1.90. The van der Waals surface area contributed by atoms with Crippen molar-refractivity contribution in [1.82, 2.24) is 15.0 Å². The van der Waals surface area contributed by atoms with Gasteiger partial charge in [-0.3, -0.25) is 9.48 Å². The number of ketones is 1. The Labute approximate surface area is 116 Å². The van der Waals surface area contributed by atoms with E-state index in [0.717, 1.165) is 24.6 Å². The Morgan fingerprint density at radius 3 is 2.63 bits per heavy atom. The number of rotatable bonds is 9. The highest BCUT2D eigenvalue weighted by molar-refractivity contribution is 5.80. The highest BCUT2D eigenvalue weighted by atomic mass is 16.1. The van der Waals surface area contributed by atoms with Crippen LogP contribution in [-0.4, -0.2) is 20.8 Å². The second-order valence-electron chi connectivity index (χ2n) is 5.98. The molecule has 1 rings (SSSR count). The van der Waals surface area contributed by atoms with Gasteiger partial charge in [-0.15, -0.1) is 5.10 Å². The van der Waals surface area contributed by atoms with E-state index >= 15 is 0 Å². The second kappa shape index (κ2) is 8.08. The summed E-state index contributed by atoms with van der Waals surface area (Å²) in [6.07, 6.45) is 6.91. The van der Waals surface area contributed by atoms with Crippen LogP contribution in [0.1, 0.15) is 59.1 Å². The molecule has 0 aliphatic rings. The molecule has 1 aromatic rings. The monoisotopic (exact) mass is 265 g/mol. The quantitative estimate of drug-likeness (QED) is 0.644. The van der Waals surface area contributed by atoms with E-state index in [1.54, 1.807) is 0 Å². The Kier molecular flexibility index (Phi) is 6.74. The van der Waals surface area contributed by atoms with Gasteiger partial charge in [-0.05, 0) is 12.3 Å². The third-order valence-electron chi connectivity index (χ3n) is 3.28. The Bertz CT molecular complexity index is 382. The normalized spacial score (nSPS) is 11.5. The summed E-state index contributed by atoms with van der Waals surface area (Å²) in [7, 11) is 0. The first-order valence-corrected chi connectivity index (χ1v) is 7.40. The van der Waals surface area contributed by atoms with Crippen LogP contribution in [0.25, 0.3) is 0 Å². The highest BCUT2D eigenvalue weighted by Crippen LogP contribution is 2.08. The first-order valence-electron chi connectivity index (χ1n) is 7.40. The number of aryl methyl sites for hydroxylation is 2. The first kappa shape index (κ1) is 15.9. The summed E-state index contributed by atoms with van der Waals surface area (Å²) in [6, 6.07) is 0. The summed E-state index contributed by atoms with van der Waals surface area (Å²) in [6.45, 7) is 9.30. The van der Waals surface area contributed by atoms with Crippen LogP contribution in [0.3, 0.4) is 0 Å². The van der Waals surface area contributed by atoms with Crippen LogP contribution in [0.5, 0.6) is 0 Å². The van der Waals surface area contributed by atoms with Gasteiger partial charge in [0.1, 0.15) is 5.78 Å². The molecule has 0 aliphatic heterocycles. The van der Waals surface area contributed by atoms with Crippen molar-refractivity contribution in [3.05, 3.63) is 11.9 Å². The zero-order valence-corrected chi connectivity index (χ0v) is 12.7. The molecule has 0 unspecified atom stereocenters. The Morgan fingerprint density at radius 2 is 2.00 bits per heavy atom. The smallest absolute Gasteiger partial charge is 0.135 e. The van der Waals surface area contributed by atoms with Crippen molar-refractivity contribution in [3.8, 4) is 0 Å². The Morgan fingerprint density at radius 1 is 1.26 bits per heavy atom. The topological polar surface area (TPSA) is 47.8 Å². The zero-order valence-electron chi connectivity index (χ0n) is 12.7. The lowest BCUT2D eigenvalue weighted by Gasteiger charge is -2.03. The van der Waals surface area contributed by atoms with E-state index in [2.05, 4.69) is 24.2 Å². The minimum Gasteiger partial charge on any atom is -0.299 e. The van der Waals surface area contributed by atoms with Gasteiger partial charge in [-0.1, -0.05) is 45.7 Å². The van der Waals surface area contributed by atoms with Gasteiger partial charge in [-0.25, -0.2) is 0 Å². The molecule has 0 saturated heterocycles. The van der Waals surface area contributed by atoms with Gasteiger partial charge >= 0.3 is 0 Å². The molecule has 0 aliphatic carbocycles. The van der Waals surface area contributed by atoms with Crippen LogP contribution in [0.15, 0.2) is 6.20 Å². The molecule has 0 bridgehead atoms. The van der Waals surface area contributed by atoms with Gasteiger partial charge in [0.2, 0.25) is 0 Å². The molecule has 0 saturated carbocycles. The average molecular weight is 265 g/mol. The van der Waals surface area contributed by atoms with Crippen molar-refractivity contribution in [2.24, 2.45) is 11.8 Å². The summed E-state index contributed by atoms with van der Waals surface area (Å²) in [5, 5.41) is 8.23. The number of carbonyl (C=O) groups is 1. The van der Waals surface area contributed by atoms with E-state index < -0.39 is 0 Å². The standard InChI is InChI=1S/C15H27N3O/c1-12(2)7-5-6-10-18-11-14(16-17-18)8-9-15(19)13(3)4/h11-13H,5-10H2,1-4H3. The summed E-state index contributed by atoms with van der Waals surface area (Å²) in [5.74, 6) is 1.19. The van der Waals surface area contributed by atoms with E-state index in [-0.39, 0.29) is 5.92 Å². The summed E-state index contributed by atoms with van der Waals surface area (Å²) in [4.78, 5) is 11.5. The molecule has 0 radical (unpaired) electrons. The number of Topliss-reactive ketones (excluding diaryl/α,β-unsaturated/α-hetero) is 1. The van der Waals surface area contributed by atoms with Crippen molar-refractivity contribution < 1.29 is 4.79 Å². The number of hydrogen-bond acceptors (Lipinski definition) is 3. The minimum absolute atomic E-state index is 0.117. The van der Waals surface area contributed by atoms with Crippen LogP contribution in [0, 0.1) is 11.8 Å². The highest BCUT2D eigenvalue weighted by Gasteiger charge is 2.09. The number of nitrogens with zero attached hydrogens (tertiary/aromatic N) is 3. The molecular weight excluding hydrogens is 238 g/mol. The second-order valence-corrected chi connectivity index (χ2v) is 5.98. The third-order valence-corrected chi connectivity index (χ3v) is 3.28. The van der Waals surface area contributed by atoms with Crippen molar-refractivity contribution >= 4 is 5.78 Å². The third kappa shape index (κ3) is 6.50. The van der Waals surface area contributed by atoms with Gasteiger partial charge < -0.3 is 0 Å². The fraction of sp³-hybridized carbons (Fsp3) is 0.800. The predicted molar refractivity (Wildman–Crippen MR) is 76.9 cm³/mol. The molecule has 4 heteroatoms. The fourth-order valence-corrected chi connectivity index (χ4v) is 1.93. The van der Waals surface area contributed by atoms with Gasteiger partial charge in [0, 0.05) is 31.5 Å². The fourth-order valence-electron chi connectivity index (χ4n) is 1.93. The maximum absolute atomic E-state index is 11.5. The predicted octanol–water partition coefficient (Wildman–Crippen LogP) is 3.26. The molecular formula is C15H27N3O. The van der Waals surface area contributed by atoms with E-state index in [0.29, 0.717) is 18.6 Å². The SMILES string of the molecule is CC(C)CCCCn1cc(CCC(=O)C(C)C)nn1. The Balaban J connectivity index is 2.26. The lowest BCUT2D eigenvalue weighted by molar-refractivity contribution is -0.121. The van der Waals surface area contributed by atoms with E-state index in [1.807, 2.05) is 24.7 Å². The zero-order chi connectivity index (χ0) is 14.3. The maximum atomic E-state index is 11.5. The van der Waals surface area contributed by atoms with Crippen LogP contribution in [-0.2, 0) is 17.8 Å². The number of aromatic nitrogens is 3. The molecule has 4 nitrogen and oxygen atoms in total. The van der Waals surface area contributed by atoms with Crippen LogP contribution in [0.2, 0.25) is 0 Å². The van der Waals surface area contributed by atoms with Crippen molar-refractivity contribution in [2.75, 3.05) is 0 Å². The molecule has 108 valence electrons. The number of carbonyl (C=O) groups excluding carboxylic acids is 1. The van der Waals surface area contributed by atoms with Gasteiger partial charge in [0.25, 0.3) is 0 Å². The van der Waals surface area contributed by atoms with Gasteiger partial charge in [0.15, 0.2) is 0 Å². The lowest BCUT2D eigenvalue weighted by atomic mass is 10.0. The van der Waals surface area contributed by atoms with E-state index in [9.17, 15) is 4.79 Å². The minimum atomic E-state index is 0.117. The van der Waals surface area contributed by atoms with Crippen molar-refractivity contribution in [2.45, 2.75) is 66.3 Å². The van der Waals surface area contributed by atoms with Crippen molar-refractivity contribution in [3.63, 3.8) is 0 Å². The molecule has 0 spiro atoms. The largest absolute Gasteiger partial charge is 0.299 e. The summed E-state index contributed by atoms with van der Waals surface area (Å²) >= 11 is 0. The lowest BCUT2D eigenvalue weighted by Crippen LogP contribution is -2.07. The van der Waals surface area contributed by atoms with E-state index in [1.165, 1.54) is 12.8 Å². The average Bonchev–Trinajstić information content (AvgIpc) is 2.79. The Hall–Kier alpha value is -1.19. The van der Waals surface area contributed by atoms with Crippen LogP contribution in [0.4, 0.5) is 0 Å². The molecule has 0 fully saturated rings. The molecule has 0 amide bonds. The first-order chi connectivity index (χ1) is 8.99. The number of unbranched alkanes of at least 4 members (excludes halogenated alkanes) is 1. The molecule has 1 heterocycles. The molecule has 0 aromatic carbocycles. The van der Waals surface area contributed by atoms with Crippen molar-refractivity contribution in [1.29, 1.82) is 0 Å². The molecule has 0 atom stereocenters. The van der Waals surface area contributed by atoms with Crippen LogP contribution < -0.4 is 0 Å². The van der Waals surface area contributed by atoms with Gasteiger partial charge in [-0.2, -0.15) is 0 Å². The van der Waals surface area contributed by atoms with E-state index in [4.69, 9.17) is 0 Å². The molecule has 1 aromatic heterocycles. The van der Waals surface area contributed by atoms with Crippen LogP contribution >= 0.6 is 0 Å². The maximum Gasteiger partial charge on any atom is 0.135 e. The number of hydrogen-bond donors (Lipinski definition) is 0. The molecule has 19 heavy (non-hydrogen) atoms. The summed E-state index contributed by atoms with van der Waals surface area (Å²) in [5.41, 5.74) is 0.929. The van der Waals surface area contributed by atoms with Gasteiger partial charge in [0.05, 0.1) is 5.69 Å². The molecule has 0 N–H and O–H groups in total.